The molecule has 0 saturated heterocycles. The van der Waals surface area contributed by atoms with Gasteiger partial charge in [-0.15, -0.1) is 0 Å². The molecule has 0 spiro atoms. The SMILES string of the molecule is CCCCCC1CC=C(c2ccc(C3=CCC(CC)CC3)cc2)CC1. The summed E-state index contributed by atoms with van der Waals surface area (Å²) in [5.74, 6) is 1.86. The van der Waals surface area contributed by atoms with Crippen LogP contribution >= 0.6 is 0 Å². The highest BCUT2D eigenvalue weighted by Crippen LogP contribution is 2.35. The Balaban J connectivity index is 1.57. The molecule has 0 heterocycles. The smallest absolute Gasteiger partial charge is 0.0227 e. The van der Waals surface area contributed by atoms with Crippen molar-refractivity contribution in [1.29, 1.82) is 0 Å². The van der Waals surface area contributed by atoms with Crippen molar-refractivity contribution >= 4 is 11.1 Å². The van der Waals surface area contributed by atoms with Crippen LogP contribution in [0.3, 0.4) is 0 Å². The minimum atomic E-state index is 0.917. The fraction of sp³-hybridized carbons (Fsp3) is 0.600. The highest BCUT2D eigenvalue weighted by Gasteiger charge is 2.16. The highest BCUT2D eigenvalue weighted by molar-refractivity contribution is 5.71. The van der Waals surface area contributed by atoms with Crippen molar-refractivity contribution in [1.82, 2.24) is 0 Å². The maximum Gasteiger partial charge on any atom is -0.0227 e. The second kappa shape index (κ2) is 9.41. The summed E-state index contributed by atoms with van der Waals surface area (Å²) in [5, 5.41) is 0. The first kappa shape index (κ1) is 18.5. The second-order valence-electron chi connectivity index (χ2n) is 8.22. The van der Waals surface area contributed by atoms with Crippen molar-refractivity contribution in [2.45, 2.75) is 84.5 Å². The monoisotopic (exact) mass is 336 g/mol. The summed E-state index contributed by atoms with van der Waals surface area (Å²) in [5.41, 5.74) is 6.07. The van der Waals surface area contributed by atoms with Gasteiger partial charge < -0.3 is 0 Å². The largest absolute Gasteiger partial charge is 0.0804 e. The van der Waals surface area contributed by atoms with E-state index in [0.29, 0.717) is 0 Å². The lowest BCUT2D eigenvalue weighted by Crippen LogP contribution is -2.06. The fourth-order valence-electron chi connectivity index (χ4n) is 4.52. The van der Waals surface area contributed by atoms with E-state index in [9.17, 15) is 0 Å². The average Bonchev–Trinajstić information content (AvgIpc) is 2.69. The maximum absolute atomic E-state index is 2.53. The minimum absolute atomic E-state index is 0.917. The van der Waals surface area contributed by atoms with E-state index < -0.39 is 0 Å². The Labute approximate surface area is 155 Å². The van der Waals surface area contributed by atoms with Gasteiger partial charge in [0.25, 0.3) is 0 Å². The van der Waals surface area contributed by atoms with Gasteiger partial charge in [0.05, 0.1) is 0 Å². The molecule has 0 amide bonds. The van der Waals surface area contributed by atoms with Gasteiger partial charge in [-0.3, -0.25) is 0 Å². The molecule has 0 N–H and O–H groups in total. The van der Waals surface area contributed by atoms with Gasteiger partial charge in [-0.1, -0.05) is 82.4 Å². The molecule has 2 aliphatic rings. The molecule has 0 heteroatoms. The molecule has 3 rings (SSSR count). The number of hydrogen-bond donors (Lipinski definition) is 0. The van der Waals surface area contributed by atoms with E-state index in [0.717, 1.165) is 11.8 Å². The predicted molar refractivity (Wildman–Crippen MR) is 112 cm³/mol. The topological polar surface area (TPSA) is 0 Å². The molecule has 2 atom stereocenters. The molecular weight excluding hydrogens is 300 g/mol. The van der Waals surface area contributed by atoms with Crippen LogP contribution in [0.4, 0.5) is 0 Å². The Morgan fingerprint density at radius 1 is 0.760 bits per heavy atom. The lowest BCUT2D eigenvalue weighted by molar-refractivity contribution is 0.428. The highest BCUT2D eigenvalue weighted by atomic mass is 14.2. The number of benzene rings is 1. The molecule has 0 radical (unpaired) electrons. The summed E-state index contributed by atoms with van der Waals surface area (Å²) in [6.07, 6.45) is 19.8. The van der Waals surface area contributed by atoms with Gasteiger partial charge in [0, 0.05) is 0 Å². The third kappa shape index (κ3) is 5.09. The third-order valence-corrected chi connectivity index (χ3v) is 6.46. The zero-order valence-corrected chi connectivity index (χ0v) is 16.4. The third-order valence-electron chi connectivity index (χ3n) is 6.46. The van der Waals surface area contributed by atoms with Crippen molar-refractivity contribution in [2.24, 2.45) is 11.8 Å². The maximum atomic E-state index is 2.53. The zero-order chi connectivity index (χ0) is 17.5. The Morgan fingerprint density at radius 2 is 1.32 bits per heavy atom. The van der Waals surface area contributed by atoms with Crippen LogP contribution in [-0.2, 0) is 0 Å². The summed E-state index contributed by atoms with van der Waals surface area (Å²) in [6, 6.07) is 9.46. The molecule has 0 aromatic heterocycles. The quantitative estimate of drug-likeness (QED) is 0.442. The summed E-state index contributed by atoms with van der Waals surface area (Å²) in [7, 11) is 0. The first-order valence-electron chi connectivity index (χ1n) is 10.8. The Kier molecular flexibility index (Phi) is 6.96. The number of unbranched alkanes of at least 4 members (excludes halogenated alkanes) is 2. The molecule has 136 valence electrons. The Bertz CT molecular complexity index is 587. The number of rotatable bonds is 7. The van der Waals surface area contributed by atoms with Crippen LogP contribution < -0.4 is 0 Å². The van der Waals surface area contributed by atoms with E-state index >= 15 is 0 Å². The molecule has 2 unspecified atom stereocenters. The number of hydrogen-bond acceptors (Lipinski definition) is 0. The van der Waals surface area contributed by atoms with Crippen molar-refractivity contribution < 1.29 is 0 Å². The molecule has 1 aromatic carbocycles. The van der Waals surface area contributed by atoms with E-state index in [1.807, 2.05) is 0 Å². The van der Waals surface area contributed by atoms with Crippen LogP contribution in [0.15, 0.2) is 36.4 Å². The van der Waals surface area contributed by atoms with Gasteiger partial charge in [0.15, 0.2) is 0 Å². The summed E-state index contributed by atoms with van der Waals surface area (Å²) >= 11 is 0. The molecule has 0 saturated carbocycles. The first-order valence-corrected chi connectivity index (χ1v) is 10.8. The van der Waals surface area contributed by atoms with Crippen LogP contribution in [0.25, 0.3) is 11.1 Å². The first-order chi connectivity index (χ1) is 12.3. The summed E-state index contributed by atoms with van der Waals surface area (Å²) in [4.78, 5) is 0. The zero-order valence-electron chi connectivity index (χ0n) is 16.4. The van der Waals surface area contributed by atoms with E-state index in [1.54, 1.807) is 11.1 Å². The van der Waals surface area contributed by atoms with Gasteiger partial charge in [0.2, 0.25) is 0 Å². The van der Waals surface area contributed by atoms with Gasteiger partial charge >= 0.3 is 0 Å². The van der Waals surface area contributed by atoms with Crippen LogP contribution in [0.1, 0.15) is 95.6 Å². The van der Waals surface area contributed by atoms with Gasteiger partial charge in [0.1, 0.15) is 0 Å². The summed E-state index contributed by atoms with van der Waals surface area (Å²) in [6.45, 7) is 4.62. The van der Waals surface area contributed by atoms with E-state index in [2.05, 4.69) is 50.3 Å². The molecule has 25 heavy (non-hydrogen) atoms. The standard InChI is InChI=1S/C25H36/c1-3-5-6-7-21-10-14-23(15-11-21)25-18-16-24(17-19-25)22-12-8-20(4-2)9-13-22/h12,14,16-21H,3-11,13,15H2,1-2H3. The molecular formula is C25H36. The average molecular weight is 337 g/mol. The number of allylic oxidation sites excluding steroid dienone is 4. The molecule has 0 fully saturated rings. The van der Waals surface area contributed by atoms with E-state index in [1.165, 1.54) is 81.8 Å². The van der Waals surface area contributed by atoms with Crippen molar-refractivity contribution in [3.05, 3.63) is 47.5 Å². The molecule has 2 aliphatic carbocycles. The van der Waals surface area contributed by atoms with Crippen molar-refractivity contribution in [2.75, 3.05) is 0 Å². The van der Waals surface area contributed by atoms with Crippen LogP contribution in [0.2, 0.25) is 0 Å². The Morgan fingerprint density at radius 3 is 1.76 bits per heavy atom. The molecule has 0 bridgehead atoms. The van der Waals surface area contributed by atoms with Crippen LogP contribution in [0, 0.1) is 11.8 Å². The predicted octanol–water partition coefficient (Wildman–Crippen LogP) is 8.04. The van der Waals surface area contributed by atoms with E-state index in [-0.39, 0.29) is 0 Å². The van der Waals surface area contributed by atoms with Gasteiger partial charge in [-0.05, 0) is 72.6 Å². The van der Waals surface area contributed by atoms with Gasteiger partial charge in [-0.25, -0.2) is 0 Å². The second-order valence-corrected chi connectivity index (χ2v) is 8.22. The lowest BCUT2D eigenvalue weighted by Gasteiger charge is -2.23. The van der Waals surface area contributed by atoms with Gasteiger partial charge in [-0.2, -0.15) is 0 Å². The molecule has 0 nitrogen and oxygen atoms in total. The normalized spacial score (nSPS) is 23.9. The summed E-state index contributed by atoms with van der Waals surface area (Å²) < 4.78 is 0. The van der Waals surface area contributed by atoms with Crippen molar-refractivity contribution in [3.8, 4) is 0 Å². The van der Waals surface area contributed by atoms with Crippen LogP contribution in [-0.4, -0.2) is 0 Å². The fourth-order valence-corrected chi connectivity index (χ4v) is 4.52. The Hall–Kier alpha value is -1.30. The molecule has 1 aromatic rings. The van der Waals surface area contributed by atoms with Crippen LogP contribution in [0.5, 0.6) is 0 Å². The minimum Gasteiger partial charge on any atom is -0.0804 e. The van der Waals surface area contributed by atoms with E-state index in [4.69, 9.17) is 0 Å². The molecule has 0 aliphatic heterocycles. The lowest BCUT2D eigenvalue weighted by atomic mass is 9.83. The van der Waals surface area contributed by atoms with Crippen molar-refractivity contribution in [3.63, 3.8) is 0 Å².